The van der Waals surface area contributed by atoms with Crippen molar-refractivity contribution in [3.63, 3.8) is 0 Å². The second-order valence-corrected chi connectivity index (χ2v) is 13.9. The summed E-state index contributed by atoms with van der Waals surface area (Å²) in [6, 6.07) is 6.54. The SMILES string of the molecule is COc1ccc(C[C@@H](NC(=O)NCCCCCc2cnc[nH]2)C(=O)N2CCC(C(=O)NC(C)(C)C)(C3CCCCC3)CC2)cc1. The molecule has 45 heavy (non-hydrogen) atoms. The van der Waals surface area contributed by atoms with E-state index in [-0.39, 0.29) is 23.4 Å². The van der Waals surface area contributed by atoms with Gasteiger partial charge in [0.15, 0.2) is 0 Å². The van der Waals surface area contributed by atoms with Crippen LogP contribution >= 0.6 is 0 Å². The van der Waals surface area contributed by atoms with E-state index in [1.807, 2.05) is 56.1 Å². The summed E-state index contributed by atoms with van der Waals surface area (Å²) < 4.78 is 5.30. The van der Waals surface area contributed by atoms with Gasteiger partial charge in [-0.2, -0.15) is 0 Å². The van der Waals surface area contributed by atoms with Gasteiger partial charge in [-0.15, -0.1) is 0 Å². The number of unbranched alkanes of at least 4 members (excludes halogenated alkanes) is 2. The summed E-state index contributed by atoms with van der Waals surface area (Å²) >= 11 is 0. The summed E-state index contributed by atoms with van der Waals surface area (Å²) in [4.78, 5) is 49.9. The van der Waals surface area contributed by atoms with Gasteiger partial charge in [0.25, 0.3) is 0 Å². The molecule has 2 aliphatic rings. The van der Waals surface area contributed by atoms with Gasteiger partial charge in [0, 0.05) is 43.5 Å². The number of rotatable bonds is 13. The van der Waals surface area contributed by atoms with Crippen molar-refractivity contribution in [2.45, 2.75) is 109 Å². The van der Waals surface area contributed by atoms with Crippen LogP contribution in [-0.4, -0.2) is 71.0 Å². The van der Waals surface area contributed by atoms with Crippen molar-refractivity contribution in [2.75, 3.05) is 26.7 Å². The Morgan fingerprint density at radius 2 is 1.76 bits per heavy atom. The second kappa shape index (κ2) is 16.1. The van der Waals surface area contributed by atoms with Crippen molar-refractivity contribution < 1.29 is 19.1 Å². The summed E-state index contributed by atoms with van der Waals surface area (Å²) in [5.41, 5.74) is 1.28. The van der Waals surface area contributed by atoms with E-state index in [0.717, 1.165) is 68.4 Å². The average Bonchev–Trinajstić information content (AvgIpc) is 3.56. The average molecular weight is 623 g/mol. The van der Waals surface area contributed by atoms with Crippen LogP contribution in [0.4, 0.5) is 4.79 Å². The lowest BCUT2D eigenvalue weighted by molar-refractivity contribution is -0.146. The number of ether oxygens (including phenoxy) is 1. The van der Waals surface area contributed by atoms with Crippen molar-refractivity contribution in [3.8, 4) is 5.75 Å². The molecule has 2 heterocycles. The number of aromatic nitrogens is 2. The van der Waals surface area contributed by atoms with Crippen molar-refractivity contribution in [1.82, 2.24) is 30.8 Å². The zero-order valence-electron chi connectivity index (χ0n) is 27.8. The number of H-pyrrole nitrogens is 1. The fraction of sp³-hybridized carbons (Fsp3) is 0.657. The number of hydrogen-bond acceptors (Lipinski definition) is 5. The Morgan fingerprint density at radius 1 is 1.04 bits per heavy atom. The number of carbonyl (C=O) groups is 3. The van der Waals surface area contributed by atoms with E-state index < -0.39 is 11.5 Å². The summed E-state index contributed by atoms with van der Waals surface area (Å²) in [7, 11) is 1.62. The minimum absolute atomic E-state index is 0.103. The first kappa shape index (κ1) is 34.3. The Bertz CT molecular complexity index is 1210. The van der Waals surface area contributed by atoms with Crippen molar-refractivity contribution in [3.05, 3.63) is 48.0 Å². The number of aryl methyl sites for hydroxylation is 1. The van der Waals surface area contributed by atoms with Gasteiger partial charge in [-0.3, -0.25) is 9.59 Å². The van der Waals surface area contributed by atoms with Crippen LogP contribution in [0.5, 0.6) is 5.75 Å². The molecule has 0 radical (unpaired) electrons. The lowest BCUT2D eigenvalue weighted by Gasteiger charge is -2.48. The van der Waals surface area contributed by atoms with E-state index in [4.69, 9.17) is 4.74 Å². The van der Waals surface area contributed by atoms with E-state index in [9.17, 15) is 14.4 Å². The number of carbonyl (C=O) groups excluding carboxylic acids is 3. The molecule has 1 aliphatic carbocycles. The molecule has 1 aliphatic heterocycles. The van der Waals surface area contributed by atoms with Crippen LogP contribution in [0.1, 0.15) is 96.2 Å². The lowest BCUT2D eigenvalue weighted by Crippen LogP contribution is -2.59. The number of nitrogens with one attached hydrogen (secondary N) is 4. The predicted molar refractivity (Wildman–Crippen MR) is 176 cm³/mol. The Balaban J connectivity index is 1.38. The molecule has 10 nitrogen and oxygen atoms in total. The number of amides is 4. The molecule has 1 atom stereocenters. The first-order valence-electron chi connectivity index (χ1n) is 16.9. The first-order chi connectivity index (χ1) is 21.6. The molecule has 1 saturated heterocycles. The van der Waals surface area contributed by atoms with Gasteiger partial charge in [-0.25, -0.2) is 9.78 Å². The van der Waals surface area contributed by atoms with Gasteiger partial charge >= 0.3 is 6.03 Å². The molecular formula is C35H54N6O4. The molecule has 4 rings (SSSR count). The smallest absolute Gasteiger partial charge is 0.315 e. The van der Waals surface area contributed by atoms with Crippen molar-refractivity contribution >= 4 is 17.8 Å². The van der Waals surface area contributed by atoms with Crippen molar-refractivity contribution in [1.29, 1.82) is 0 Å². The number of imidazole rings is 1. The summed E-state index contributed by atoms with van der Waals surface area (Å²) in [5.74, 6) is 1.10. The molecule has 10 heteroatoms. The number of hydrogen-bond donors (Lipinski definition) is 4. The van der Waals surface area contributed by atoms with Gasteiger partial charge in [-0.05, 0) is 89.3 Å². The van der Waals surface area contributed by atoms with Crippen molar-refractivity contribution in [2.24, 2.45) is 11.3 Å². The number of aromatic amines is 1. The van der Waals surface area contributed by atoms with Crippen LogP contribution in [0.15, 0.2) is 36.8 Å². The molecule has 4 amide bonds. The maximum absolute atomic E-state index is 14.0. The number of methoxy groups -OCH3 is 1. The highest BCUT2D eigenvalue weighted by Gasteiger charge is 2.49. The minimum atomic E-state index is -0.718. The highest BCUT2D eigenvalue weighted by Crippen LogP contribution is 2.46. The number of urea groups is 1. The Hall–Kier alpha value is -3.56. The fourth-order valence-electron chi connectivity index (χ4n) is 6.93. The topological polar surface area (TPSA) is 128 Å². The highest BCUT2D eigenvalue weighted by molar-refractivity contribution is 5.88. The lowest BCUT2D eigenvalue weighted by atomic mass is 9.63. The van der Waals surface area contributed by atoms with E-state index in [2.05, 4.69) is 25.9 Å². The number of benzene rings is 1. The maximum Gasteiger partial charge on any atom is 0.315 e. The Labute approximate surface area is 268 Å². The quantitative estimate of drug-likeness (QED) is 0.230. The predicted octanol–water partition coefficient (Wildman–Crippen LogP) is 5.15. The molecule has 0 unspecified atom stereocenters. The third-order valence-electron chi connectivity index (χ3n) is 9.46. The largest absolute Gasteiger partial charge is 0.497 e. The molecule has 1 saturated carbocycles. The van der Waals surface area contributed by atoms with Crippen LogP contribution in [0, 0.1) is 11.3 Å². The molecule has 2 aromatic rings. The van der Waals surface area contributed by atoms with Crippen LogP contribution in [0.25, 0.3) is 0 Å². The molecule has 2 fully saturated rings. The Morgan fingerprint density at radius 3 is 2.38 bits per heavy atom. The van der Waals surface area contributed by atoms with E-state index >= 15 is 0 Å². The number of piperidine rings is 1. The zero-order valence-corrected chi connectivity index (χ0v) is 27.8. The third-order valence-corrected chi connectivity index (χ3v) is 9.46. The van der Waals surface area contributed by atoms with Crippen LogP contribution in [0.2, 0.25) is 0 Å². The normalized spacial score (nSPS) is 17.7. The van der Waals surface area contributed by atoms with Gasteiger partial charge in [0.05, 0.1) is 18.9 Å². The van der Waals surface area contributed by atoms with E-state index in [1.165, 1.54) is 6.42 Å². The molecule has 1 aromatic heterocycles. The zero-order chi connectivity index (χ0) is 32.3. The van der Waals surface area contributed by atoms with Crippen LogP contribution in [0.3, 0.4) is 0 Å². The standard InChI is InChI=1S/C35H54N6O4/c1-34(2,3)40-32(43)35(27-11-7-5-8-12-27)18-21-41(22-19-35)31(42)30(23-26-14-16-29(45-4)17-15-26)39-33(44)37-20-10-6-9-13-28-24-36-25-38-28/h14-17,24-25,27,30H,5-13,18-23H2,1-4H3,(H,36,38)(H,40,43)(H2,37,39,44)/t30-/m1/s1. The maximum atomic E-state index is 14.0. The monoisotopic (exact) mass is 622 g/mol. The number of likely N-dealkylation sites (tertiary alicyclic amines) is 1. The van der Waals surface area contributed by atoms with Gasteiger partial charge in [0.1, 0.15) is 11.8 Å². The Kier molecular flexibility index (Phi) is 12.3. The third kappa shape index (κ3) is 9.96. The molecule has 0 spiro atoms. The van der Waals surface area contributed by atoms with E-state index in [1.54, 1.807) is 13.4 Å². The highest BCUT2D eigenvalue weighted by atomic mass is 16.5. The second-order valence-electron chi connectivity index (χ2n) is 13.9. The summed E-state index contributed by atoms with van der Waals surface area (Å²) in [6.45, 7) is 7.63. The molecular weight excluding hydrogens is 568 g/mol. The van der Waals surface area contributed by atoms with Crippen LogP contribution < -0.4 is 20.7 Å². The fourth-order valence-corrected chi connectivity index (χ4v) is 6.93. The molecule has 0 bridgehead atoms. The summed E-state index contributed by atoms with van der Waals surface area (Å²) in [6.07, 6.45) is 14.6. The van der Waals surface area contributed by atoms with Gasteiger partial charge in [-0.1, -0.05) is 37.8 Å². The molecule has 1 aromatic carbocycles. The first-order valence-corrected chi connectivity index (χ1v) is 16.9. The van der Waals surface area contributed by atoms with Gasteiger partial charge in [0.2, 0.25) is 11.8 Å². The number of nitrogens with zero attached hydrogens (tertiary/aromatic N) is 2. The summed E-state index contributed by atoms with van der Waals surface area (Å²) in [5, 5.41) is 9.20. The minimum Gasteiger partial charge on any atom is -0.497 e. The van der Waals surface area contributed by atoms with E-state index in [0.29, 0.717) is 44.8 Å². The molecule has 4 N–H and O–H groups in total. The van der Waals surface area contributed by atoms with Gasteiger partial charge < -0.3 is 30.6 Å². The van der Waals surface area contributed by atoms with Crippen LogP contribution in [-0.2, 0) is 22.4 Å². The molecule has 248 valence electrons.